The van der Waals surface area contributed by atoms with E-state index in [0.717, 1.165) is 43.0 Å². The van der Waals surface area contributed by atoms with Crippen LogP contribution in [-0.2, 0) is 0 Å². The number of urea groups is 1. The molecule has 6 heteroatoms. The molecular formula is C23H31FN4O. The molecule has 1 aliphatic heterocycles. The van der Waals surface area contributed by atoms with Crippen molar-refractivity contribution in [3.63, 3.8) is 0 Å². The first kappa shape index (κ1) is 21.1. The number of rotatable bonds is 5. The lowest BCUT2D eigenvalue weighted by Crippen LogP contribution is -2.44. The molecule has 0 radical (unpaired) electrons. The van der Waals surface area contributed by atoms with Crippen molar-refractivity contribution in [2.45, 2.75) is 26.8 Å². The number of nitrogens with zero attached hydrogens (tertiary/aromatic N) is 2. The largest absolute Gasteiger partial charge is 0.369 e. The topological polar surface area (TPSA) is 47.6 Å². The van der Waals surface area contributed by atoms with Gasteiger partial charge in [0.15, 0.2) is 0 Å². The van der Waals surface area contributed by atoms with Crippen LogP contribution in [0.2, 0.25) is 0 Å². The Morgan fingerprint density at radius 2 is 1.69 bits per heavy atom. The molecular weight excluding hydrogens is 367 g/mol. The molecule has 1 saturated heterocycles. The van der Waals surface area contributed by atoms with Crippen LogP contribution in [0.5, 0.6) is 0 Å². The summed E-state index contributed by atoms with van der Waals surface area (Å²) in [5.74, 6) is -0.108. The van der Waals surface area contributed by atoms with Gasteiger partial charge in [-0.25, -0.2) is 9.18 Å². The van der Waals surface area contributed by atoms with Gasteiger partial charge in [-0.1, -0.05) is 26.0 Å². The number of hydrogen-bond acceptors (Lipinski definition) is 3. The smallest absolute Gasteiger partial charge is 0.319 e. The van der Waals surface area contributed by atoms with Gasteiger partial charge in [-0.3, -0.25) is 0 Å². The lowest BCUT2D eigenvalue weighted by atomic mass is 9.96. The summed E-state index contributed by atoms with van der Waals surface area (Å²) in [7, 11) is 2.14. The molecule has 0 bridgehead atoms. The van der Waals surface area contributed by atoms with E-state index in [2.05, 4.69) is 39.6 Å². The number of amides is 2. The zero-order valence-corrected chi connectivity index (χ0v) is 17.7. The van der Waals surface area contributed by atoms with Crippen LogP contribution in [-0.4, -0.2) is 44.2 Å². The van der Waals surface area contributed by atoms with Crippen LogP contribution in [0.3, 0.4) is 0 Å². The maximum absolute atomic E-state index is 13.2. The van der Waals surface area contributed by atoms with Gasteiger partial charge < -0.3 is 20.4 Å². The molecule has 29 heavy (non-hydrogen) atoms. The van der Waals surface area contributed by atoms with Gasteiger partial charge in [0.25, 0.3) is 0 Å². The van der Waals surface area contributed by atoms with E-state index in [1.54, 1.807) is 12.1 Å². The molecule has 1 fully saturated rings. The second kappa shape index (κ2) is 9.27. The predicted molar refractivity (Wildman–Crippen MR) is 117 cm³/mol. The zero-order valence-electron chi connectivity index (χ0n) is 17.7. The van der Waals surface area contributed by atoms with Crippen molar-refractivity contribution in [1.82, 2.24) is 10.2 Å². The van der Waals surface area contributed by atoms with Gasteiger partial charge in [-0.05, 0) is 61.3 Å². The van der Waals surface area contributed by atoms with Crippen molar-refractivity contribution < 1.29 is 9.18 Å². The van der Waals surface area contributed by atoms with E-state index in [9.17, 15) is 9.18 Å². The summed E-state index contributed by atoms with van der Waals surface area (Å²) in [6.45, 7) is 10.2. The molecule has 0 spiro atoms. The average molecular weight is 399 g/mol. The van der Waals surface area contributed by atoms with Crippen LogP contribution in [0, 0.1) is 18.7 Å². The first-order valence-electron chi connectivity index (χ1n) is 10.2. The van der Waals surface area contributed by atoms with Gasteiger partial charge in [-0.15, -0.1) is 0 Å². The highest BCUT2D eigenvalue weighted by Gasteiger charge is 2.19. The third-order valence-electron chi connectivity index (χ3n) is 5.51. The summed E-state index contributed by atoms with van der Waals surface area (Å²) in [5.41, 5.74) is 3.90. The number of benzene rings is 2. The van der Waals surface area contributed by atoms with E-state index in [0.29, 0.717) is 0 Å². The van der Waals surface area contributed by atoms with Crippen molar-refractivity contribution in [3.8, 4) is 0 Å². The highest BCUT2D eigenvalue weighted by molar-refractivity contribution is 5.90. The summed E-state index contributed by atoms with van der Waals surface area (Å²) in [5, 5.41) is 5.99. The molecule has 5 nitrogen and oxygen atoms in total. The van der Waals surface area contributed by atoms with E-state index >= 15 is 0 Å². The molecule has 3 rings (SSSR count). The van der Waals surface area contributed by atoms with Gasteiger partial charge in [0.2, 0.25) is 0 Å². The van der Waals surface area contributed by atoms with Gasteiger partial charge in [-0.2, -0.15) is 0 Å². The number of anilines is 2. The molecule has 156 valence electrons. The van der Waals surface area contributed by atoms with Crippen molar-refractivity contribution in [3.05, 3.63) is 59.4 Å². The quantitative estimate of drug-likeness (QED) is 0.785. The van der Waals surface area contributed by atoms with Gasteiger partial charge >= 0.3 is 6.03 Å². The lowest BCUT2D eigenvalue weighted by Gasteiger charge is -2.34. The molecule has 2 amide bonds. The van der Waals surface area contributed by atoms with Crippen molar-refractivity contribution in [2.75, 3.05) is 43.4 Å². The summed E-state index contributed by atoms with van der Waals surface area (Å²) in [4.78, 5) is 17.3. The van der Waals surface area contributed by atoms with E-state index in [-0.39, 0.29) is 23.8 Å². The first-order chi connectivity index (χ1) is 13.8. The number of nitrogens with one attached hydrogen (secondary N) is 2. The van der Waals surface area contributed by atoms with Crippen molar-refractivity contribution in [2.24, 2.45) is 5.92 Å². The van der Waals surface area contributed by atoms with Gasteiger partial charge in [0, 0.05) is 37.6 Å². The Hall–Kier alpha value is -2.60. The Morgan fingerprint density at radius 1 is 1.03 bits per heavy atom. The molecule has 1 aliphatic rings. The SMILES string of the molecule is Cc1cc(N2CCN(C)CC2)ccc1NC(=O)N[C@H](c1ccc(F)cc1)C(C)C. The van der Waals surface area contributed by atoms with Gasteiger partial charge in [0.1, 0.15) is 5.82 Å². The Kier molecular flexibility index (Phi) is 6.75. The van der Waals surface area contributed by atoms with E-state index < -0.39 is 0 Å². The van der Waals surface area contributed by atoms with Crippen LogP contribution < -0.4 is 15.5 Å². The molecule has 1 atom stereocenters. The first-order valence-corrected chi connectivity index (χ1v) is 10.2. The molecule has 0 aromatic heterocycles. The monoisotopic (exact) mass is 398 g/mol. The minimum atomic E-state index is -0.281. The molecule has 2 aromatic carbocycles. The standard InChI is InChI=1S/C23H31FN4O/c1-16(2)22(18-5-7-19(24)8-6-18)26-23(29)25-21-10-9-20(15-17(21)3)28-13-11-27(4)12-14-28/h5-10,15-16,22H,11-14H2,1-4H3,(H2,25,26,29)/t22-/m0/s1. The second-order valence-electron chi connectivity index (χ2n) is 8.16. The number of hydrogen-bond donors (Lipinski definition) is 2. The molecule has 2 N–H and O–H groups in total. The van der Waals surface area contributed by atoms with Crippen molar-refractivity contribution in [1.29, 1.82) is 0 Å². The average Bonchev–Trinajstić information content (AvgIpc) is 2.69. The minimum absolute atomic E-state index is 0.173. The zero-order chi connectivity index (χ0) is 21.0. The highest BCUT2D eigenvalue weighted by Crippen LogP contribution is 2.25. The number of piperazine rings is 1. The third-order valence-corrected chi connectivity index (χ3v) is 5.51. The van der Waals surface area contributed by atoms with E-state index in [1.807, 2.05) is 26.8 Å². The number of carbonyl (C=O) groups excluding carboxylic acids is 1. The molecule has 0 aliphatic carbocycles. The lowest BCUT2D eigenvalue weighted by molar-refractivity contribution is 0.244. The maximum Gasteiger partial charge on any atom is 0.319 e. The summed E-state index contributed by atoms with van der Waals surface area (Å²) < 4.78 is 13.2. The number of carbonyl (C=O) groups is 1. The minimum Gasteiger partial charge on any atom is -0.369 e. The van der Waals surface area contributed by atoms with Gasteiger partial charge in [0.05, 0.1) is 6.04 Å². The maximum atomic E-state index is 13.2. The second-order valence-corrected chi connectivity index (χ2v) is 8.16. The predicted octanol–water partition coefficient (Wildman–Crippen LogP) is 4.40. The normalized spacial score (nSPS) is 16.0. The van der Waals surface area contributed by atoms with E-state index in [1.165, 1.54) is 17.8 Å². The fraction of sp³-hybridized carbons (Fsp3) is 0.435. The van der Waals surface area contributed by atoms with Crippen LogP contribution >= 0.6 is 0 Å². The summed E-state index contributed by atoms with van der Waals surface area (Å²) in [6, 6.07) is 12.0. The fourth-order valence-corrected chi connectivity index (χ4v) is 3.65. The number of likely N-dealkylation sites (N-methyl/N-ethyl adjacent to an activating group) is 1. The fourth-order valence-electron chi connectivity index (χ4n) is 3.65. The van der Waals surface area contributed by atoms with Crippen LogP contribution in [0.25, 0.3) is 0 Å². The Bertz CT molecular complexity index is 829. The number of aryl methyl sites for hydroxylation is 1. The Balaban J connectivity index is 1.65. The molecule has 2 aromatic rings. The third kappa shape index (κ3) is 5.48. The Labute approximate surface area is 172 Å². The van der Waals surface area contributed by atoms with Crippen LogP contribution in [0.4, 0.5) is 20.6 Å². The molecule has 0 unspecified atom stereocenters. The van der Waals surface area contributed by atoms with Crippen LogP contribution in [0.1, 0.15) is 31.0 Å². The summed E-state index contributed by atoms with van der Waals surface area (Å²) in [6.07, 6.45) is 0. The van der Waals surface area contributed by atoms with Crippen molar-refractivity contribution >= 4 is 17.4 Å². The summed E-state index contributed by atoms with van der Waals surface area (Å²) >= 11 is 0. The molecule has 0 saturated carbocycles. The highest BCUT2D eigenvalue weighted by atomic mass is 19.1. The molecule has 1 heterocycles. The Morgan fingerprint density at radius 3 is 2.28 bits per heavy atom. The number of halogens is 1. The van der Waals surface area contributed by atoms with Crippen LogP contribution in [0.15, 0.2) is 42.5 Å². The van der Waals surface area contributed by atoms with E-state index in [4.69, 9.17) is 0 Å².